The average molecular weight is 519 g/mol. The zero-order chi connectivity index (χ0) is 27.4. The first-order valence-electron chi connectivity index (χ1n) is 11.7. The van der Waals surface area contributed by atoms with E-state index in [2.05, 4.69) is 0 Å². The van der Waals surface area contributed by atoms with E-state index in [0.717, 1.165) is 11.1 Å². The number of ether oxygens (including phenoxy) is 1. The first-order valence-corrected chi connectivity index (χ1v) is 13.3. The van der Waals surface area contributed by atoms with Crippen LogP contribution in [0.4, 0.5) is 0 Å². The molecule has 37 heavy (non-hydrogen) atoms. The Morgan fingerprint density at radius 3 is 2.22 bits per heavy atom. The third-order valence-corrected chi connectivity index (χ3v) is 7.11. The van der Waals surface area contributed by atoms with E-state index in [-0.39, 0.29) is 34.0 Å². The summed E-state index contributed by atoms with van der Waals surface area (Å²) in [4.78, 5) is 25.9. The molecule has 8 heteroatoms. The number of carbonyl (C=O) groups excluding carboxylic acids is 2. The molecule has 3 aromatic rings. The highest BCUT2D eigenvalue weighted by molar-refractivity contribution is 7.92. The lowest BCUT2D eigenvalue weighted by Gasteiger charge is -2.17. The molecule has 0 bridgehead atoms. The van der Waals surface area contributed by atoms with Crippen molar-refractivity contribution in [1.82, 2.24) is 4.90 Å². The number of sulfone groups is 1. The number of nitrogens with zero attached hydrogens (tertiary/aromatic N) is 2. The third kappa shape index (κ3) is 7.28. The number of amides is 1. The summed E-state index contributed by atoms with van der Waals surface area (Å²) in [5.41, 5.74) is 2.02. The van der Waals surface area contributed by atoms with Crippen LogP contribution in [0.5, 0.6) is 11.5 Å². The van der Waals surface area contributed by atoms with Crippen molar-refractivity contribution >= 4 is 21.5 Å². The average Bonchev–Trinajstić information content (AvgIpc) is 2.82. The summed E-state index contributed by atoms with van der Waals surface area (Å²) in [6.45, 7) is 5.59. The van der Waals surface area contributed by atoms with Gasteiger partial charge in [-0.25, -0.2) is 8.42 Å². The lowest BCUT2D eigenvalue weighted by atomic mass is 9.90. The summed E-state index contributed by atoms with van der Waals surface area (Å²) >= 11 is 0. The van der Waals surface area contributed by atoms with Crippen LogP contribution in [0.15, 0.2) is 71.6 Å². The van der Waals surface area contributed by atoms with Crippen LogP contribution >= 0.6 is 0 Å². The molecule has 0 atom stereocenters. The van der Waals surface area contributed by atoms with Gasteiger partial charge in [0.2, 0.25) is 0 Å². The molecular formula is C29H30N2O5S. The standard InChI is InChI=1S/C29H30N2O5S/c1-29(2,3)17-24(32)19-37(34,35)27-15-20(18-30)9-14-26(27)36-25-8-6-7-23(16-25)21-10-12-22(13-11-21)28(33)31(4)5/h6-16H,17,19H2,1-5H3. The highest BCUT2D eigenvalue weighted by atomic mass is 32.2. The molecule has 0 radical (unpaired) electrons. The summed E-state index contributed by atoms with van der Waals surface area (Å²) < 4.78 is 32.4. The number of hydrogen-bond donors (Lipinski definition) is 0. The predicted octanol–water partition coefficient (Wildman–Crippen LogP) is 5.50. The fourth-order valence-electron chi connectivity index (χ4n) is 3.77. The Labute approximate surface area is 218 Å². The maximum Gasteiger partial charge on any atom is 0.253 e. The molecule has 0 aliphatic rings. The Morgan fingerprint density at radius 2 is 1.62 bits per heavy atom. The van der Waals surface area contributed by atoms with Crippen molar-refractivity contribution in [2.24, 2.45) is 5.41 Å². The highest BCUT2D eigenvalue weighted by Gasteiger charge is 2.27. The molecule has 1 amide bonds. The highest BCUT2D eigenvalue weighted by Crippen LogP contribution is 2.33. The molecule has 0 saturated heterocycles. The second-order valence-electron chi connectivity index (χ2n) is 10.2. The summed E-state index contributed by atoms with van der Waals surface area (Å²) in [6, 6.07) is 20.3. The SMILES string of the molecule is CN(C)C(=O)c1ccc(-c2cccc(Oc3ccc(C#N)cc3S(=O)(=O)CC(=O)CC(C)(C)C)c2)cc1. The van der Waals surface area contributed by atoms with E-state index in [1.165, 1.54) is 23.1 Å². The Hall–Kier alpha value is -3.96. The monoisotopic (exact) mass is 518 g/mol. The molecule has 0 fully saturated rings. The molecule has 0 saturated carbocycles. The lowest BCUT2D eigenvalue weighted by molar-refractivity contribution is -0.118. The fourth-order valence-corrected chi connectivity index (χ4v) is 5.17. The van der Waals surface area contributed by atoms with Gasteiger partial charge in [-0.3, -0.25) is 9.59 Å². The number of ketones is 1. The van der Waals surface area contributed by atoms with E-state index >= 15 is 0 Å². The van der Waals surface area contributed by atoms with Crippen LogP contribution in [-0.4, -0.2) is 44.9 Å². The van der Waals surface area contributed by atoms with Gasteiger partial charge in [0, 0.05) is 26.1 Å². The van der Waals surface area contributed by atoms with Crippen LogP contribution in [0, 0.1) is 16.7 Å². The fraction of sp³-hybridized carbons (Fsp3) is 0.276. The topological polar surface area (TPSA) is 105 Å². The Bertz CT molecular complexity index is 1460. The van der Waals surface area contributed by atoms with Crippen molar-refractivity contribution < 1.29 is 22.7 Å². The zero-order valence-electron chi connectivity index (χ0n) is 21.6. The van der Waals surface area contributed by atoms with E-state index < -0.39 is 21.4 Å². The maximum absolute atomic E-state index is 13.2. The van der Waals surface area contributed by atoms with Crippen LogP contribution in [0.3, 0.4) is 0 Å². The van der Waals surface area contributed by atoms with Crippen LogP contribution in [-0.2, 0) is 14.6 Å². The predicted molar refractivity (Wildman–Crippen MR) is 142 cm³/mol. The third-order valence-electron chi connectivity index (χ3n) is 5.42. The van der Waals surface area contributed by atoms with Gasteiger partial charge in [-0.05, 0) is 59.0 Å². The van der Waals surface area contributed by atoms with Crippen molar-refractivity contribution in [2.75, 3.05) is 19.8 Å². The molecule has 0 spiro atoms. The molecule has 7 nitrogen and oxygen atoms in total. The van der Waals surface area contributed by atoms with Crippen molar-refractivity contribution in [3.63, 3.8) is 0 Å². The summed E-state index contributed by atoms with van der Waals surface area (Å²) in [5.74, 6) is -0.758. The van der Waals surface area contributed by atoms with Gasteiger partial charge in [-0.2, -0.15) is 5.26 Å². The number of hydrogen-bond acceptors (Lipinski definition) is 6. The molecule has 0 N–H and O–H groups in total. The smallest absolute Gasteiger partial charge is 0.253 e. The lowest BCUT2D eigenvalue weighted by Crippen LogP contribution is -2.21. The largest absolute Gasteiger partial charge is 0.456 e. The van der Waals surface area contributed by atoms with Crippen molar-refractivity contribution in [1.29, 1.82) is 5.26 Å². The minimum atomic E-state index is -4.06. The van der Waals surface area contributed by atoms with Crippen molar-refractivity contribution in [3.05, 3.63) is 77.9 Å². The van der Waals surface area contributed by atoms with Crippen molar-refractivity contribution in [2.45, 2.75) is 32.1 Å². The first-order chi connectivity index (χ1) is 17.3. The van der Waals surface area contributed by atoms with E-state index in [9.17, 15) is 23.3 Å². The van der Waals surface area contributed by atoms with Crippen LogP contribution in [0.25, 0.3) is 11.1 Å². The van der Waals surface area contributed by atoms with E-state index in [4.69, 9.17) is 4.74 Å². The molecule has 0 aromatic heterocycles. The van der Waals surface area contributed by atoms with Gasteiger partial charge in [0.05, 0.1) is 11.6 Å². The van der Waals surface area contributed by atoms with E-state index in [1.54, 1.807) is 44.4 Å². The molecule has 3 rings (SSSR count). The molecule has 0 unspecified atom stereocenters. The number of carbonyl (C=O) groups is 2. The van der Waals surface area contributed by atoms with Gasteiger partial charge >= 0.3 is 0 Å². The summed E-state index contributed by atoms with van der Waals surface area (Å²) in [7, 11) is -0.680. The van der Waals surface area contributed by atoms with Crippen LogP contribution < -0.4 is 4.74 Å². The summed E-state index contributed by atoms with van der Waals surface area (Å²) in [6.07, 6.45) is 0.112. The van der Waals surface area contributed by atoms with Gasteiger partial charge in [-0.1, -0.05) is 45.0 Å². The number of Topliss-reactive ketones (excluding diaryl/α,β-unsaturated/α-hetero) is 1. The van der Waals surface area contributed by atoms with Gasteiger partial charge < -0.3 is 9.64 Å². The Kier molecular flexibility index (Phi) is 8.19. The Morgan fingerprint density at radius 1 is 0.946 bits per heavy atom. The number of nitriles is 1. The molecule has 192 valence electrons. The minimum Gasteiger partial charge on any atom is -0.456 e. The molecule has 0 aliphatic carbocycles. The molecule has 0 heterocycles. The molecular weight excluding hydrogens is 488 g/mol. The number of benzene rings is 3. The van der Waals surface area contributed by atoms with Gasteiger partial charge in [0.25, 0.3) is 5.91 Å². The van der Waals surface area contributed by atoms with Gasteiger partial charge in [-0.15, -0.1) is 0 Å². The number of rotatable bonds is 8. The van der Waals surface area contributed by atoms with E-state index in [1.807, 2.05) is 45.0 Å². The van der Waals surface area contributed by atoms with Crippen LogP contribution in [0.2, 0.25) is 0 Å². The first kappa shape index (κ1) is 27.6. The quantitative estimate of drug-likeness (QED) is 0.390. The van der Waals surface area contributed by atoms with Crippen LogP contribution in [0.1, 0.15) is 43.1 Å². The molecule has 3 aromatic carbocycles. The second-order valence-corrected chi connectivity index (χ2v) is 12.2. The minimum absolute atomic E-state index is 0.0339. The normalized spacial score (nSPS) is 11.5. The Balaban J connectivity index is 1.92. The van der Waals surface area contributed by atoms with Crippen molar-refractivity contribution in [3.8, 4) is 28.7 Å². The maximum atomic E-state index is 13.2. The van der Waals surface area contributed by atoms with Gasteiger partial charge in [0.15, 0.2) is 9.84 Å². The van der Waals surface area contributed by atoms with E-state index in [0.29, 0.717) is 11.3 Å². The second kappa shape index (κ2) is 11.0. The molecule has 0 aliphatic heterocycles. The zero-order valence-corrected chi connectivity index (χ0v) is 22.4. The summed E-state index contributed by atoms with van der Waals surface area (Å²) in [5, 5.41) is 9.31. The van der Waals surface area contributed by atoms with Gasteiger partial charge in [0.1, 0.15) is 27.9 Å².